The molecule has 4 heteroatoms. The number of H-pyrrole nitrogens is 1. The third kappa shape index (κ3) is 1.83. The minimum absolute atomic E-state index is 0.886. The van der Waals surface area contributed by atoms with Crippen LogP contribution >= 0.6 is 0 Å². The lowest BCUT2D eigenvalue weighted by Gasteiger charge is -2.29. The van der Waals surface area contributed by atoms with E-state index in [0.29, 0.717) is 0 Å². The molecule has 0 amide bonds. The fraction of sp³-hybridized carbons (Fsp3) is 0.357. The number of nitrogens with two attached hydrogens (primary N) is 1. The van der Waals surface area contributed by atoms with Crippen LogP contribution < -0.4 is 10.6 Å². The van der Waals surface area contributed by atoms with Gasteiger partial charge < -0.3 is 15.6 Å². The number of aryl methyl sites for hydroxylation is 1. The third-order valence-corrected chi connectivity index (χ3v) is 3.60. The summed E-state index contributed by atoms with van der Waals surface area (Å²) < 4.78 is 0. The van der Waals surface area contributed by atoms with E-state index < -0.39 is 0 Å². The second-order valence-electron chi connectivity index (χ2n) is 4.74. The largest absolute Gasteiger partial charge is 0.398 e. The topological polar surface area (TPSA) is 57.9 Å². The molecule has 2 heterocycles. The average Bonchev–Trinajstić information content (AvgIpc) is 2.87. The maximum Gasteiger partial charge on any atom is 0.203 e. The van der Waals surface area contributed by atoms with Crippen LogP contribution in [0.3, 0.4) is 0 Å². The maximum atomic E-state index is 6.01. The van der Waals surface area contributed by atoms with Gasteiger partial charge in [0.2, 0.25) is 5.95 Å². The number of aromatic nitrogens is 2. The fourth-order valence-electron chi connectivity index (χ4n) is 2.51. The van der Waals surface area contributed by atoms with Crippen molar-refractivity contribution in [2.75, 3.05) is 17.2 Å². The van der Waals surface area contributed by atoms with Gasteiger partial charge in [0.25, 0.3) is 0 Å². The molecular formula is C14H18N4. The summed E-state index contributed by atoms with van der Waals surface area (Å²) in [5.41, 5.74) is 10.7. The highest BCUT2D eigenvalue weighted by Crippen LogP contribution is 2.26. The zero-order valence-corrected chi connectivity index (χ0v) is 10.6. The molecule has 0 spiro atoms. The molecule has 1 aliphatic rings. The molecule has 3 rings (SSSR count). The van der Waals surface area contributed by atoms with Crippen LogP contribution in [0.2, 0.25) is 0 Å². The summed E-state index contributed by atoms with van der Waals surface area (Å²) in [6.07, 6.45) is 3.90. The van der Waals surface area contributed by atoms with Gasteiger partial charge >= 0.3 is 0 Å². The van der Waals surface area contributed by atoms with Crippen LogP contribution in [0.1, 0.15) is 23.7 Å². The smallest absolute Gasteiger partial charge is 0.203 e. The average molecular weight is 242 g/mol. The number of benzene rings is 1. The molecule has 0 fully saturated rings. The standard InChI is InChI=1S/C14H18N4/c1-2-11-8-16-14(17-11)18-7-6-12-10(9-18)4-3-5-13(12)15/h3-5,8H,2,6-7,9,15H2,1H3,(H,16,17). The highest BCUT2D eigenvalue weighted by Gasteiger charge is 2.19. The molecule has 0 saturated heterocycles. The number of nitrogens with zero attached hydrogens (tertiary/aromatic N) is 2. The molecule has 1 aromatic heterocycles. The predicted molar refractivity (Wildman–Crippen MR) is 73.6 cm³/mol. The Hall–Kier alpha value is -1.97. The lowest BCUT2D eigenvalue weighted by atomic mass is 9.98. The van der Waals surface area contributed by atoms with Gasteiger partial charge in [-0.3, -0.25) is 0 Å². The first kappa shape index (κ1) is 11.1. The third-order valence-electron chi connectivity index (χ3n) is 3.60. The van der Waals surface area contributed by atoms with E-state index in [0.717, 1.165) is 37.6 Å². The number of hydrogen-bond donors (Lipinski definition) is 2. The summed E-state index contributed by atoms with van der Waals surface area (Å²) in [6, 6.07) is 6.16. The molecule has 0 atom stereocenters. The first-order valence-electron chi connectivity index (χ1n) is 6.43. The monoisotopic (exact) mass is 242 g/mol. The van der Waals surface area contributed by atoms with E-state index in [1.165, 1.54) is 16.8 Å². The van der Waals surface area contributed by atoms with Crippen molar-refractivity contribution in [3.63, 3.8) is 0 Å². The Balaban J connectivity index is 1.86. The number of imidazole rings is 1. The molecule has 94 valence electrons. The van der Waals surface area contributed by atoms with Gasteiger partial charge in [-0.25, -0.2) is 4.98 Å². The fourth-order valence-corrected chi connectivity index (χ4v) is 2.51. The van der Waals surface area contributed by atoms with Crippen molar-refractivity contribution in [2.24, 2.45) is 0 Å². The van der Waals surface area contributed by atoms with Crippen molar-refractivity contribution >= 4 is 11.6 Å². The van der Waals surface area contributed by atoms with Crippen LogP contribution in [-0.4, -0.2) is 16.5 Å². The number of rotatable bonds is 2. The molecule has 1 aliphatic heterocycles. The van der Waals surface area contributed by atoms with Crippen molar-refractivity contribution in [1.82, 2.24) is 9.97 Å². The molecule has 1 aromatic carbocycles. The highest BCUT2D eigenvalue weighted by atomic mass is 15.3. The van der Waals surface area contributed by atoms with E-state index in [1.54, 1.807) is 0 Å². The Morgan fingerprint density at radius 1 is 1.44 bits per heavy atom. The summed E-state index contributed by atoms with van der Waals surface area (Å²) in [6.45, 7) is 3.98. The van der Waals surface area contributed by atoms with Gasteiger partial charge in [-0.15, -0.1) is 0 Å². The Bertz CT molecular complexity index is 559. The molecule has 0 unspecified atom stereocenters. The molecule has 0 saturated carbocycles. The minimum Gasteiger partial charge on any atom is -0.398 e. The Kier molecular flexibility index (Phi) is 2.70. The van der Waals surface area contributed by atoms with Gasteiger partial charge in [0.1, 0.15) is 0 Å². The zero-order chi connectivity index (χ0) is 12.5. The molecule has 3 N–H and O–H groups in total. The van der Waals surface area contributed by atoms with Crippen LogP contribution in [-0.2, 0) is 19.4 Å². The summed E-state index contributed by atoms with van der Waals surface area (Å²) in [7, 11) is 0. The summed E-state index contributed by atoms with van der Waals surface area (Å²) in [4.78, 5) is 10.1. The van der Waals surface area contributed by atoms with E-state index >= 15 is 0 Å². The van der Waals surface area contributed by atoms with Gasteiger partial charge in [-0.1, -0.05) is 19.1 Å². The van der Waals surface area contributed by atoms with Crippen LogP contribution in [0, 0.1) is 0 Å². The SMILES string of the molecule is CCc1cnc(N2CCc3c(N)cccc3C2)[nH]1. The number of hydrogen-bond acceptors (Lipinski definition) is 3. The Labute approximate surface area is 107 Å². The quantitative estimate of drug-likeness (QED) is 0.793. The Morgan fingerprint density at radius 3 is 3.11 bits per heavy atom. The van der Waals surface area contributed by atoms with Crippen molar-refractivity contribution < 1.29 is 0 Å². The normalized spacial score (nSPS) is 14.6. The van der Waals surface area contributed by atoms with Crippen molar-refractivity contribution in [3.8, 4) is 0 Å². The summed E-state index contributed by atoms with van der Waals surface area (Å²) in [5.74, 6) is 0.972. The number of nitrogens with one attached hydrogen (secondary N) is 1. The number of fused-ring (bicyclic) bond motifs is 1. The molecule has 2 aromatic rings. The van der Waals surface area contributed by atoms with E-state index in [4.69, 9.17) is 5.73 Å². The van der Waals surface area contributed by atoms with Crippen LogP contribution in [0.15, 0.2) is 24.4 Å². The molecule has 0 aliphatic carbocycles. The zero-order valence-electron chi connectivity index (χ0n) is 10.6. The van der Waals surface area contributed by atoms with Crippen molar-refractivity contribution in [1.29, 1.82) is 0 Å². The first-order valence-corrected chi connectivity index (χ1v) is 6.43. The maximum absolute atomic E-state index is 6.01. The van der Waals surface area contributed by atoms with Gasteiger partial charge in [-0.05, 0) is 30.0 Å². The molecule has 4 nitrogen and oxygen atoms in total. The summed E-state index contributed by atoms with van der Waals surface area (Å²) in [5, 5.41) is 0. The van der Waals surface area contributed by atoms with E-state index in [9.17, 15) is 0 Å². The van der Waals surface area contributed by atoms with Gasteiger partial charge in [0, 0.05) is 24.5 Å². The van der Waals surface area contributed by atoms with E-state index in [2.05, 4.69) is 27.9 Å². The van der Waals surface area contributed by atoms with E-state index in [1.807, 2.05) is 18.3 Å². The van der Waals surface area contributed by atoms with Gasteiger partial charge in [0.15, 0.2) is 0 Å². The highest BCUT2D eigenvalue weighted by molar-refractivity contribution is 5.54. The molecular weight excluding hydrogens is 224 g/mol. The van der Waals surface area contributed by atoms with Crippen molar-refractivity contribution in [3.05, 3.63) is 41.2 Å². The number of anilines is 2. The summed E-state index contributed by atoms with van der Waals surface area (Å²) >= 11 is 0. The lowest BCUT2D eigenvalue weighted by molar-refractivity contribution is 0.713. The Morgan fingerprint density at radius 2 is 2.33 bits per heavy atom. The van der Waals surface area contributed by atoms with Crippen LogP contribution in [0.5, 0.6) is 0 Å². The van der Waals surface area contributed by atoms with Crippen LogP contribution in [0.25, 0.3) is 0 Å². The lowest BCUT2D eigenvalue weighted by Crippen LogP contribution is -2.31. The second kappa shape index (κ2) is 4.37. The van der Waals surface area contributed by atoms with Gasteiger partial charge in [0.05, 0.1) is 6.20 Å². The number of nitrogen functional groups attached to an aromatic ring is 1. The molecule has 0 bridgehead atoms. The first-order chi connectivity index (χ1) is 8.78. The van der Waals surface area contributed by atoms with Gasteiger partial charge in [-0.2, -0.15) is 0 Å². The van der Waals surface area contributed by atoms with E-state index in [-0.39, 0.29) is 0 Å². The predicted octanol–water partition coefficient (Wildman–Crippen LogP) is 2.12. The second-order valence-corrected chi connectivity index (χ2v) is 4.74. The molecule has 0 radical (unpaired) electrons. The molecule has 18 heavy (non-hydrogen) atoms. The minimum atomic E-state index is 0.886. The van der Waals surface area contributed by atoms with Crippen molar-refractivity contribution in [2.45, 2.75) is 26.3 Å². The number of aromatic amines is 1. The van der Waals surface area contributed by atoms with Crippen LogP contribution in [0.4, 0.5) is 11.6 Å².